The molecule has 0 saturated carbocycles. The van der Waals surface area contributed by atoms with E-state index in [4.69, 9.17) is 9.47 Å². The molecule has 2 aromatic carbocycles. The zero-order valence-corrected chi connectivity index (χ0v) is 16.4. The van der Waals surface area contributed by atoms with Crippen LogP contribution in [0, 0.1) is 0 Å². The molecule has 0 aliphatic heterocycles. The van der Waals surface area contributed by atoms with Crippen molar-refractivity contribution in [3.05, 3.63) is 60.7 Å². The lowest BCUT2D eigenvalue weighted by Gasteiger charge is -2.09. The SMILES string of the molecule is CCCOc1ccc(-c2ccc(NS(=O)(=O)c3ccc(OC)cc3)cc2)nn1. The second-order valence-electron chi connectivity index (χ2n) is 5.96. The number of nitrogens with one attached hydrogen (secondary N) is 1. The van der Waals surface area contributed by atoms with E-state index in [1.54, 1.807) is 42.5 Å². The highest BCUT2D eigenvalue weighted by Crippen LogP contribution is 2.23. The molecule has 0 radical (unpaired) electrons. The molecule has 28 heavy (non-hydrogen) atoms. The molecule has 0 atom stereocenters. The van der Waals surface area contributed by atoms with Gasteiger partial charge in [0.25, 0.3) is 10.0 Å². The van der Waals surface area contributed by atoms with Crippen molar-refractivity contribution in [3.8, 4) is 22.9 Å². The van der Waals surface area contributed by atoms with Crippen LogP contribution in [0.4, 0.5) is 5.69 Å². The molecule has 0 spiro atoms. The van der Waals surface area contributed by atoms with Gasteiger partial charge in [0.2, 0.25) is 5.88 Å². The average Bonchev–Trinajstić information content (AvgIpc) is 2.73. The van der Waals surface area contributed by atoms with E-state index in [-0.39, 0.29) is 4.90 Å². The van der Waals surface area contributed by atoms with E-state index in [0.29, 0.717) is 29.6 Å². The van der Waals surface area contributed by atoms with Crippen molar-refractivity contribution in [2.45, 2.75) is 18.2 Å². The maximum Gasteiger partial charge on any atom is 0.261 e. The first-order chi connectivity index (χ1) is 13.5. The van der Waals surface area contributed by atoms with Crippen LogP contribution in [0.15, 0.2) is 65.6 Å². The molecule has 0 amide bonds. The van der Waals surface area contributed by atoms with Gasteiger partial charge in [0.15, 0.2) is 0 Å². The van der Waals surface area contributed by atoms with E-state index in [1.165, 1.54) is 19.2 Å². The van der Waals surface area contributed by atoms with Gasteiger partial charge in [0.05, 0.1) is 24.3 Å². The number of hydrogen-bond acceptors (Lipinski definition) is 6. The summed E-state index contributed by atoms with van der Waals surface area (Å²) >= 11 is 0. The zero-order valence-electron chi connectivity index (χ0n) is 15.6. The molecule has 1 N–H and O–H groups in total. The van der Waals surface area contributed by atoms with Crippen LogP contribution in [0.25, 0.3) is 11.3 Å². The van der Waals surface area contributed by atoms with Gasteiger partial charge >= 0.3 is 0 Å². The molecule has 7 nitrogen and oxygen atoms in total. The van der Waals surface area contributed by atoms with Crippen LogP contribution < -0.4 is 14.2 Å². The Morgan fingerprint density at radius 3 is 2.21 bits per heavy atom. The first kappa shape index (κ1) is 19.6. The highest BCUT2D eigenvalue weighted by Gasteiger charge is 2.14. The molecule has 1 heterocycles. The lowest BCUT2D eigenvalue weighted by molar-refractivity contribution is 0.302. The third-order valence-corrected chi connectivity index (χ3v) is 5.29. The van der Waals surface area contributed by atoms with Crippen LogP contribution in [0.3, 0.4) is 0 Å². The van der Waals surface area contributed by atoms with E-state index in [1.807, 2.05) is 13.0 Å². The molecule has 0 fully saturated rings. The Bertz CT molecular complexity index is 1000. The van der Waals surface area contributed by atoms with Crippen LogP contribution in [-0.2, 0) is 10.0 Å². The first-order valence-electron chi connectivity index (χ1n) is 8.75. The predicted octanol–water partition coefficient (Wildman–Crippen LogP) is 3.74. The average molecular weight is 399 g/mol. The van der Waals surface area contributed by atoms with Crippen molar-refractivity contribution in [2.75, 3.05) is 18.4 Å². The quantitative estimate of drug-likeness (QED) is 0.620. The van der Waals surface area contributed by atoms with Crippen molar-refractivity contribution < 1.29 is 17.9 Å². The maximum absolute atomic E-state index is 12.5. The minimum Gasteiger partial charge on any atom is -0.497 e. The van der Waals surface area contributed by atoms with Crippen LogP contribution in [0.5, 0.6) is 11.6 Å². The number of methoxy groups -OCH3 is 1. The van der Waals surface area contributed by atoms with Gasteiger partial charge in [-0.1, -0.05) is 19.1 Å². The summed E-state index contributed by atoms with van der Waals surface area (Å²) in [7, 11) is -2.15. The molecule has 146 valence electrons. The molecular formula is C20H21N3O4S. The zero-order chi connectivity index (χ0) is 20.0. The largest absolute Gasteiger partial charge is 0.497 e. The Morgan fingerprint density at radius 1 is 0.929 bits per heavy atom. The summed E-state index contributed by atoms with van der Waals surface area (Å²) < 4.78 is 38.0. The minimum absolute atomic E-state index is 0.158. The van der Waals surface area contributed by atoms with E-state index >= 15 is 0 Å². The third-order valence-electron chi connectivity index (χ3n) is 3.90. The lowest BCUT2D eigenvalue weighted by Crippen LogP contribution is -2.12. The summed E-state index contributed by atoms with van der Waals surface area (Å²) in [6, 6.07) is 16.7. The summed E-state index contributed by atoms with van der Waals surface area (Å²) in [6.07, 6.45) is 0.900. The fourth-order valence-corrected chi connectivity index (χ4v) is 3.49. The second-order valence-corrected chi connectivity index (χ2v) is 7.65. The van der Waals surface area contributed by atoms with Gasteiger partial charge in [-0.25, -0.2) is 8.42 Å². The number of aromatic nitrogens is 2. The summed E-state index contributed by atoms with van der Waals surface area (Å²) in [5.41, 5.74) is 1.95. The molecule has 3 aromatic rings. The van der Waals surface area contributed by atoms with E-state index in [9.17, 15) is 8.42 Å². The lowest BCUT2D eigenvalue weighted by atomic mass is 10.1. The molecule has 0 aliphatic carbocycles. The first-order valence-corrected chi connectivity index (χ1v) is 10.2. The Labute approximate surface area is 164 Å². The Balaban J connectivity index is 1.71. The molecule has 1 aromatic heterocycles. The topological polar surface area (TPSA) is 90.4 Å². The van der Waals surface area contributed by atoms with Crippen molar-refractivity contribution in [2.24, 2.45) is 0 Å². The number of hydrogen-bond donors (Lipinski definition) is 1. The molecule has 3 rings (SSSR count). The highest BCUT2D eigenvalue weighted by molar-refractivity contribution is 7.92. The van der Waals surface area contributed by atoms with Crippen LogP contribution in [0.1, 0.15) is 13.3 Å². The molecular weight excluding hydrogens is 378 g/mol. The maximum atomic E-state index is 12.5. The van der Waals surface area contributed by atoms with E-state index in [2.05, 4.69) is 14.9 Å². The number of sulfonamides is 1. The Morgan fingerprint density at radius 2 is 1.64 bits per heavy atom. The number of benzene rings is 2. The Hall–Kier alpha value is -3.13. The van der Waals surface area contributed by atoms with Crippen molar-refractivity contribution in [3.63, 3.8) is 0 Å². The van der Waals surface area contributed by atoms with Crippen molar-refractivity contribution in [1.29, 1.82) is 0 Å². The smallest absolute Gasteiger partial charge is 0.261 e. The van der Waals surface area contributed by atoms with E-state index in [0.717, 1.165) is 12.0 Å². The summed E-state index contributed by atoms with van der Waals surface area (Å²) in [4.78, 5) is 0.158. The van der Waals surface area contributed by atoms with Crippen LogP contribution in [-0.4, -0.2) is 32.3 Å². The highest BCUT2D eigenvalue weighted by atomic mass is 32.2. The molecule has 0 aliphatic rings. The van der Waals surface area contributed by atoms with Gasteiger partial charge in [0.1, 0.15) is 5.75 Å². The minimum atomic E-state index is -3.68. The third kappa shape index (κ3) is 4.77. The van der Waals surface area contributed by atoms with Gasteiger partial charge in [-0.05, 0) is 48.9 Å². The standard InChI is InChI=1S/C20H21N3O4S/c1-3-14-27-20-13-12-19(21-22-20)15-4-6-16(7-5-15)23-28(24,25)18-10-8-17(26-2)9-11-18/h4-13,23H,3,14H2,1-2H3. The van der Waals surface area contributed by atoms with Gasteiger partial charge < -0.3 is 9.47 Å². The fraction of sp³-hybridized carbons (Fsp3) is 0.200. The van der Waals surface area contributed by atoms with Crippen LogP contribution in [0.2, 0.25) is 0 Å². The summed E-state index contributed by atoms with van der Waals surface area (Å²) in [5.74, 6) is 1.07. The van der Waals surface area contributed by atoms with Crippen molar-refractivity contribution in [1.82, 2.24) is 10.2 Å². The Kier molecular flexibility index (Phi) is 6.10. The number of rotatable bonds is 8. The fourth-order valence-electron chi connectivity index (χ4n) is 2.44. The monoisotopic (exact) mass is 399 g/mol. The number of nitrogens with zero attached hydrogens (tertiary/aromatic N) is 2. The number of anilines is 1. The summed E-state index contributed by atoms with van der Waals surface area (Å²) in [6.45, 7) is 2.61. The molecule has 8 heteroatoms. The molecule has 0 bridgehead atoms. The predicted molar refractivity (Wildman–Crippen MR) is 107 cm³/mol. The molecule has 0 unspecified atom stereocenters. The second kappa shape index (κ2) is 8.71. The number of ether oxygens (including phenoxy) is 2. The van der Waals surface area contributed by atoms with Crippen molar-refractivity contribution >= 4 is 15.7 Å². The van der Waals surface area contributed by atoms with Gasteiger partial charge in [-0.15, -0.1) is 10.2 Å². The summed E-state index contributed by atoms with van der Waals surface area (Å²) in [5, 5.41) is 8.18. The molecule has 0 saturated heterocycles. The normalized spacial score (nSPS) is 11.1. The van der Waals surface area contributed by atoms with Gasteiger partial charge in [0, 0.05) is 17.3 Å². The van der Waals surface area contributed by atoms with E-state index < -0.39 is 10.0 Å². The van der Waals surface area contributed by atoms with Gasteiger partial charge in [-0.3, -0.25) is 4.72 Å². The van der Waals surface area contributed by atoms with Crippen LogP contribution >= 0.6 is 0 Å². The van der Waals surface area contributed by atoms with Gasteiger partial charge in [-0.2, -0.15) is 0 Å².